The smallest absolute Gasteiger partial charge is 0.251 e. The molecule has 0 aliphatic heterocycles. The molecule has 1 amide bonds. The average molecular weight is 353 g/mol. The van der Waals surface area contributed by atoms with Crippen molar-refractivity contribution in [2.75, 3.05) is 14.2 Å². The summed E-state index contributed by atoms with van der Waals surface area (Å²) in [4.78, 5) is 21.4. The Morgan fingerprint density at radius 3 is 2.46 bits per heavy atom. The van der Waals surface area contributed by atoms with Crippen LogP contribution < -0.4 is 14.8 Å². The molecule has 2 aliphatic carbocycles. The van der Waals surface area contributed by atoms with Gasteiger partial charge >= 0.3 is 0 Å². The second-order valence-electron chi connectivity index (χ2n) is 7.11. The molecule has 1 aromatic heterocycles. The molecule has 0 spiro atoms. The van der Waals surface area contributed by atoms with Gasteiger partial charge in [-0.25, -0.2) is 0 Å². The van der Waals surface area contributed by atoms with Crippen molar-refractivity contribution in [3.05, 3.63) is 35.9 Å². The van der Waals surface area contributed by atoms with E-state index in [9.17, 15) is 4.79 Å². The third kappa shape index (κ3) is 3.23. The van der Waals surface area contributed by atoms with E-state index in [1.54, 1.807) is 20.3 Å². The third-order valence-corrected chi connectivity index (χ3v) is 5.53. The highest BCUT2D eigenvalue weighted by molar-refractivity contribution is 5.95. The molecule has 4 rings (SSSR count). The van der Waals surface area contributed by atoms with Crippen molar-refractivity contribution in [3.63, 3.8) is 0 Å². The van der Waals surface area contributed by atoms with Crippen LogP contribution in [0.15, 0.2) is 30.3 Å². The van der Waals surface area contributed by atoms with Crippen LogP contribution >= 0.6 is 0 Å². The molecule has 2 fully saturated rings. The molecular weight excluding hydrogens is 330 g/mol. The van der Waals surface area contributed by atoms with E-state index in [2.05, 4.69) is 15.3 Å². The number of methoxy groups -OCH3 is 2. The van der Waals surface area contributed by atoms with Crippen LogP contribution in [0.25, 0.3) is 11.4 Å². The number of nitrogens with zero attached hydrogens (tertiary/aromatic N) is 2. The molecule has 1 heterocycles. The summed E-state index contributed by atoms with van der Waals surface area (Å²) in [6.45, 7) is 0. The predicted octanol–water partition coefficient (Wildman–Crippen LogP) is 3.08. The van der Waals surface area contributed by atoms with Crippen molar-refractivity contribution < 1.29 is 14.3 Å². The van der Waals surface area contributed by atoms with Gasteiger partial charge in [0.2, 0.25) is 11.8 Å². The quantitative estimate of drug-likeness (QED) is 0.894. The number of aromatic nitrogens is 2. The van der Waals surface area contributed by atoms with Gasteiger partial charge in [0.25, 0.3) is 5.91 Å². The second kappa shape index (κ2) is 6.94. The molecule has 136 valence electrons. The number of fused-ring (bicyclic) bond motifs is 2. The number of rotatable bonds is 5. The Hall–Kier alpha value is -2.63. The zero-order valence-electron chi connectivity index (χ0n) is 15.1. The Balaban J connectivity index is 1.55. The predicted molar refractivity (Wildman–Crippen MR) is 97.3 cm³/mol. The molecule has 6 nitrogen and oxygen atoms in total. The maximum atomic E-state index is 12.7. The highest BCUT2D eigenvalue weighted by Crippen LogP contribution is 2.44. The van der Waals surface area contributed by atoms with Crippen molar-refractivity contribution in [2.45, 2.75) is 31.7 Å². The molecular formula is C20H23N3O3. The number of nitrogens with one attached hydrogen (secondary N) is 1. The zero-order valence-corrected chi connectivity index (χ0v) is 15.1. The van der Waals surface area contributed by atoms with E-state index < -0.39 is 0 Å². The minimum Gasteiger partial charge on any atom is -0.481 e. The maximum absolute atomic E-state index is 12.7. The molecule has 0 radical (unpaired) electrons. The lowest BCUT2D eigenvalue weighted by molar-refractivity contribution is 0.0923. The number of benzene rings is 1. The standard InChI is InChI=1S/C20H23N3O3/c1-25-17-11-18(26-2)23-19(22-17)14-4-3-5-15(10-14)20(24)21-16-9-12-6-7-13(16)8-12/h3-5,10-13,16H,6-9H2,1-2H3,(H,21,24)/t12-,13+,16-/m1/s1. The first-order valence-electron chi connectivity index (χ1n) is 9.04. The van der Waals surface area contributed by atoms with Crippen molar-refractivity contribution >= 4 is 5.91 Å². The van der Waals surface area contributed by atoms with Crippen LogP contribution in [0.2, 0.25) is 0 Å². The van der Waals surface area contributed by atoms with Gasteiger partial charge in [0, 0.05) is 17.2 Å². The van der Waals surface area contributed by atoms with E-state index >= 15 is 0 Å². The maximum Gasteiger partial charge on any atom is 0.251 e. The molecule has 0 saturated heterocycles. The summed E-state index contributed by atoms with van der Waals surface area (Å²) >= 11 is 0. The fraction of sp³-hybridized carbons (Fsp3) is 0.450. The number of hydrogen-bond donors (Lipinski definition) is 1. The lowest BCUT2D eigenvalue weighted by Gasteiger charge is -2.23. The molecule has 6 heteroatoms. The van der Waals surface area contributed by atoms with E-state index in [0.717, 1.165) is 17.9 Å². The normalized spacial score (nSPS) is 23.7. The van der Waals surface area contributed by atoms with Gasteiger partial charge in [0.15, 0.2) is 5.82 Å². The molecule has 1 aromatic carbocycles. The molecule has 3 atom stereocenters. The second-order valence-corrected chi connectivity index (χ2v) is 7.11. The number of ether oxygens (including phenoxy) is 2. The summed E-state index contributed by atoms with van der Waals surface area (Å²) in [5.41, 5.74) is 1.37. The third-order valence-electron chi connectivity index (χ3n) is 5.53. The Kier molecular flexibility index (Phi) is 4.49. The molecule has 26 heavy (non-hydrogen) atoms. The fourth-order valence-corrected chi connectivity index (χ4v) is 4.21. The average Bonchev–Trinajstić information content (AvgIpc) is 3.30. The number of amides is 1. The fourth-order valence-electron chi connectivity index (χ4n) is 4.21. The highest BCUT2D eigenvalue weighted by Gasteiger charge is 2.40. The largest absolute Gasteiger partial charge is 0.481 e. The van der Waals surface area contributed by atoms with Crippen molar-refractivity contribution in [2.24, 2.45) is 11.8 Å². The summed E-state index contributed by atoms with van der Waals surface area (Å²) in [6, 6.07) is 9.30. The van der Waals surface area contributed by atoms with Crippen LogP contribution in [0.3, 0.4) is 0 Å². The van der Waals surface area contributed by atoms with Crippen LogP contribution in [-0.2, 0) is 0 Å². The topological polar surface area (TPSA) is 73.3 Å². The molecule has 2 aromatic rings. The lowest BCUT2D eigenvalue weighted by Crippen LogP contribution is -2.38. The first-order chi connectivity index (χ1) is 12.7. The van der Waals surface area contributed by atoms with E-state index in [4.69, 9.17) is 9.47 Å². The van der Waals surface area contributed by atoms with Gasteiger partial charge in [-0.15, -0.1) is 0 Å². The SMILES string of the molecule is COc1cc(OC)nc(-c2cccc(C(=O)N[C@@H]3C[C@@H]4CC[C@H]3C4)c2)n1. The molecule has 0 unspecified atom stereocenters. The van der Waals surface area contributed by atoms with E-state index in [1.165, 1.54) is 19.3 Å². The van der Waals surface area contributed by atoms with Crippen molar-refractivity contribution in [3.8, 4) is 23.1 Å². The zero-order chi connectivity index (χ0) is 18.1. The Bertz CT molecular complexity index is 801. The van der Waals surface area contributed by atoms with Crippen LogP contribution in [0, 0.1) is 11.8 Å². The number of carbonyl (C=O) groups excluding carboxylic acids is 1. The van der Waals surface area contributed by atoms with Gasteiger partial charge in [-0.3, -0.25) is 4.79 Å². The first-order valence-corrected chi connectivity index (χ1v) is 9.04. The van der Waals surface area contributed by atoms with Crippen molar-refractivity contribution in [1.29, 1.82) is 0 Å². The Morgan fingerprint density at radius 1 is 1.08 bits per heavy atom. The van der Waals surface area contributed by atoms with Gasteiger partial charge in [0.1, 0.15) is 0 Å². The summed E-state index contributed by atoms with van der Waals surface area (Å²) in [6.07, 6.45) is 4.95. The van der Waals surface area contributed by atoms with Gasteiger partial charge in [0.05, 0.1) is 20.3 Å². The molecule has 2 saturated carbocycles. The number of hydrogen-bond acceptors (Lipinski definition) is 5. The number of carbonyl (C=O) groups is 1. The van der Waals surface area contributed by atoms with E-state index in [-0.39, 0.29) is 5.91 Å². The van der Waals surface area contributed by atoms with Crippen LogP contribution in [0.5, 0.6) is 11.8 Å². The molecule has 1 N–H and O–H groups in total. The van der Waals surface area contributed by atoms with Gasteiger partial charge in [-0.1, -0.05) is 18.6 Å². The summed E-state index contributed by atoms with van der Waals surface area (Å²) in [5.74, 6) is 2.73. The van der Waals surface area contributed by atoms with Gasteiger partial charge in [-0.05, 0) is 43.2 Å². The minimum atomic E-state index is -0.0285. The van der Waals surface area contributed by atoms with E-state index in [0.29, 0.717) is 35.1 Å². The van der Waals surface area contributed by atoms with E-state index in [1.807, 2.05) is 24.3 Å². The van der Waals surface area contributed by atoms with Gasteiger partial charge in [-0.2, -0.15) is 9.97 Å². The van der Waals surface area contributed by atoms with Gasteiger partial charge < -0.3 is 14.8 Å². The monoisotopic (exact) mass is 353 g/mol. The summed E-state index contributed by atoms with van der Waals surface area (Å²) in [5, 5.41) is 3.22. The van der Waals surface area contributed by atoms with Crippen LogP contribution in [-0.4, -0.2) is 36.1 Å². The van der Waals surface area contributed by atoms with Crippen LogP contribution in [0.4, 0.5) is 0 Å². The first kappa shape index (κ1) is 16.8. The van der Waals surface area contributed by atoms with Crippen LogP contribution in [0.1, 0.15) is 36.0 Å². The molecule has 2 bridgehead atoms. The minimum absolute atomic E-state index is 0.0285. The Labute approximate surface area is 153 Å². The lowest BCUT2D eigenvalue weighted by atomic mass is 9.95. The highest BCUT2D eigenvalue weighted by atomic mass is 16.5. The van der Waals surface area contributed by atoms with Crippen molar-refractivity contribution in [1.82, 2.24) is 15.3 Å². The summed E-state index contributed by atoms with van der Waals surface area (Å²) in [7, 11) is 3.09. The Morgan fingerprint density at radius 2 is 1.85 bits per heavy atom. The molecule has 2 aliphatic rings. The summed E-state index contributed by atoms with van der Waals surface area (Å²) < 4.78 is 10.4.